The van der Waals surface area contributed by atoms with E-state index in [9.17, 15) is 4.79 Å². The quantitative estimate of drug-likeness (QED) is 0.877. The smallest absolute Gasteiger partial charge is 0.239 e. The van der Waals surface area contributed by atoms with E-state index in [1.165, 1.54) is 4.88 Å². The van der Waals surface area contributed by atoms with Crippen LogP contribution in [-0.2, 0) is 22.5 Å². The van der Waals surface area contributed by atoms with Crippen molar-refractivity contribution in [3.63, 3.8) is 0 Å². The lowest BCUT2D eigenvalue weighted by Crippen LogP contribution is -2.48. The van der Waals surface area contributed by atoms with Crippen LogP contribution in [0.3, 0.4) is 0 Å². The molecule has 0 saturated carbocycles. The number of rotatable bonds is 5. The van der Waals surface area contributed by atoms with Crippen LogP contribution in [0.2, 0.25) is 0 Å². The third-order valence-electron chi connectivity index (χ3n) is 3.18. The highest BCUT2D eigenvalue weighted by Crippen LogP contribution is 2.13. The molecule has 6 heteroatoms. The molecule has 1 fully saturated rings. The Morgan fingerprint density at radius 1 is 1.58 bits per heavy atom. The molecule has 0 radical (unpaired) electrons. The van der Waals surface area contributed by atoms with Crippen LogP contribution in [0.25, 0.3) is 0 Å². The van der Waals surface area contributed by atoms with Crippen LogP contribution in [0.1, 0.15) is 23.7 Å². The molecular formula is C13H21N3O2S. The van der Waals surface area contributed by atoms with E-state index >= 15 is 0 Å². The van der Waals surface area contributed by atoms with E-state index < -0.39 is 0 Å². The summed E-state index contributed by atoms with van der Waals surface area (Å²) in [6, 6.07) is -0.162. The average Bonchev–Trinajstić information content (AvgIpc) is 2.93. The minimum atomic E-state index is -0.162. The molecule has 19 heavy (non-hydrogen) atoms. The molecule has 1 aromatic heterocycles. The van der Waals surface area contributed by atoms with Crippen LogP contribution in [-0.4, -0.2) is 48.1 Å². The Morgan fingerprint density at radius 2 is 2.32 bits per heavy atom. The van der Waals surface area contributed by atoms with Crippen molar-refractivity contribution in [3.8, 4) is 0 Å². The molecule has 2 heterocycles. The van der Waals surface area contributed by atoms with Gasteiger partial charge in [0.15, 0.2) is 0 Å². The van der Waals surface area contributed by atoms with Gasteiger partial charge in [0.1, 0.15) is 0 Å². The van der Waals surface area contributed by atoms with Gasteiger partial charge < -0.3 is 15.0 Å². The standard InChI is InChI=1S/C13H21N3O2S/c1-3-12-15-9-11(19-12)8-14-10(2)13(17)16-4-6-18-7-5-16/h9-10,14H,3-8H2,1-2H3. The Balaban J connectivity index is 1.79. The number of amides is 1. The van der Waals surface area contributed by atoms with E-state index in [4.69, 9.17) is 4.74 Å². The molecule has 1 N–H and O–H groups in total. The molecule has 1 unspecified atom stereocenters. The largest absolute Gasteiger partial charge is 0.378 e. The topological polar surface area (TPSA) is 54.5 Å². The maximum absolute atomic E-state index is 12.2. The van der Waals surface area contributed by atoms with Crippen LogP contribution >= 0.6 is 11.3 Å². The summed E-state index contributed by atoms with van der Waals surface area (Å²) >= 11 is 1.70. The number of carbonyl (C=O) groups is 1. The predicted molar refractivity (Wildman–Crippen MR) is 75.2 cm³/mol. The zero-order chi connectivity index (χ0) is 13.7. The normalized spacial score (nSPS) is 17.5. The van der Waals surface area contributed by atoms with Crippen LogP contribution in [0, 0.1) is 0 Å². The van der Waals surface area contributed by atoms with E-state index in [0.717, 1.165) is 11.4 Å². The third-order valence-corrected chi connectivity index (χ3v) is 4.32. The third kappa shape index (κ3) is 3.99. The van der Waals surface area contributed by atoms with Gasteiger partial charge in [0.05, 0.1) is 24.3 Å². The van der Waals surface area contributed by atoms with Gasteiger partial charge in [-0.25, -0.2) is 4.98 Å². The Labute approximate surface area is 118 Å². The highest BCUT2D eigenvalue weighted by molar-refractivity contribution is 7.11. The first-order valence-electron chi connectivity index (χ1n) is 6.74. The summed E-state index contributed by atoms with van der Waals surface area (Å²) in [5, 5.41) is 4.41. The molecule has 0 aromatic carbocycles. The molecule has 1 aromatic rings. The first-order valence-corrected chi connectivity index (χ1v) is 7.56. The zero-order valence-electron chi connectivity index (χ0n) is 11.5. The van der Waals surface area contributed by atoms with Crippen molar-refractivity contribution >= 4 is 17.2 Å². The van der Waals surface area contributed by atoms with Gasteiger partial charge in [-0.2, -0.15) is 0 Å². The fraction of sp³-hybridized carbons (Fsp3) is 0.692. The fourth-order valence-corrected chi connectivity index (χ4v) is 2.81. The van der Waals surface area contributed by atoms with Gasteiger partial charge in [0, 0.05) is 30.7 Å². The van der Waals surface area contributed by atoms with Crippen molar-refractivity contribution < 1.29 is 9.53 Å². The van der Waals surface area contributed by atoms with Crippen molar-refractivity contribution in [2.75, 3.05) is 26.3 Å². The Hall–Kier alpha value is -0.980. The SMILES string of the molecule is CCc1ncc(CNC(C)C(=O)N2CCOCC2)s1. The van der Waals surface area contributed by atoms with Gasteiger partial charge in [0.2, 0.25) is 5.91 Å². The number of carbonyl (C=O) groups excluding carboxylic acids is 1. The summed E-state index contributed by atoms with van der Waals surface area (Å²) in [6.07, 6.45) is 2.86. The average molecular weight is 283 g/mol. The van der Waals surface area contributed by atoms with Gasteiger partial charge >= 0.3 is 0 Å². The van der Waals surface area contributed by atoms with E-state index in [2.05, 4.69) is 17.2 Å². The van der Waals surface area contributed by atoms with Gasteiger partial charge in [-0.1, -0.05) is 6.92 Å². The second-order valence-corrected chi connectivity index (χ2v) is 5.81. The van der Waals surface area contributed by atoms with E-state index in [-0.39, 0.29) is 11.9 Å². The summed E-state index contributed by atoms with van der Waals surface area (Å²) < 4.78 is 5.25. The maximum atomic E-state index is 12.2. The van der Waals surface area contributed by atoms with Crippen LogP contribution in [0.5, 0.6) is 0 Å². The summed E-state index contributed by atoms with van der Waals surface area (Å²) in [6.45, 7) is 7.41. The molecule has 1 aliphatic rings. The Morgan fingerprint density at radius 3 is 2.95 bits per heavy atom. The molecular weight excluding hydrogens is 262 g/mol. The molecule has 0 bridgehead atoms. The van der Waals surface area contributed by atoms with E-state index in [0.29, 0.717) is 32.8 Å². The molecule has 5 nitrogen and oxygen atoms in total. The number of thiazole rings is 1. The molecule has 1 atom stereocenters. The summed E-state index contributed by atoms with van der Waals surface area (Å²) in [7, 11) is 0. The monoisotopic (exact) mass is 283 g/mol. The van der Waals surface area contributed by atoms with Crippen molar-refractivity contribution in [2.45, 2.75) is 32.9 Å². The second kappa shape index (κ2) is 6.98. The second-order valence-electron chi connectivity index (χ2n) is 4.61. The molecule has 0 spiro atoms. The lowest BCUT2D eigenvalue weighted by Gasteiger charge is -2.29. The number of morpholine rings is 1. The molecule has 106 valence electrons. The van der Waals surface area contributed by atoms with Gasteiger partial charge in [0.25, 0.3) is 0 Å². The summed E-state index contributed by atoms with van der Waals surface area (Å²) in [4.78, 5) is 19.5. The van der Waals surface area contributed by atoms with Crippen LogP contribution in [0.15, 0.2) is 6.20 Å². The number of aromatic nitrogens is 1. The van der Waals surface area contributed by atoms with Gasteiger partial charge in [-0.15, -0.1) is 11.3 Å². The number of nitrogens with one attached hydrogen (secondary N) is 1. The number of hydrogen-bond donors (Lipinski definition) is 1. The van der Waals surface area contributed by atoms with E-state index in [1.807, 2.05) is 18.0 Å². The summed E-state index contributed by atoms with van der Waals surface area (Å²) in [5.41, 5.74) is 0. The molecule has 1 amide bonds. The highest BCUT2D eigenvalue weighted by Gasteiger charge is 2.21. The number of ether oxygens (including phenoxy) is 1. The molecule has 1 saturated heterocycles. The van der Waals surface area contributed by atoms with Gasteiger partial charge in [-0.3, -0.25) is 4.79 Å². The number of hydrogen-bond acceptors (Lipinski definition) is 5. The molecule has 1 aliphatic heterocycles. The Kier molecular flexibility index (Phi) is 5.30. The minimum Gasteiger partial charge on any atom is -0.378 e. The van der Waals surface area contributed by atoms with Crippen LogP contribution < -0.4 is 5.32 Å². The highest BCUT2D eigenvalue weighted by atomic mass is 32.1. The van der Waals surface area contributed by atoms with E-state index in [1.54, 1.807) is 11.3 Å². The number of nitrogens with zero attached hydrogens (tertiary/aromatic N) is 2. The number of aryl methyl sites for hydroxylation is 1. The Bertz CT molecular complexity index is 416. The lowest BCUT2D eigenvalue weighted by atomic mass is 10.2. The summed E-state index contributed by atoms with van der Waals surface area (Å²) in [5.74, 6) is 0.156. The van der Waals surface area contributed by atoms with Crippen LogP contribution in [0.4, 0.5) is 0 Å². The fourth-order valence-electron chi connectivity index (χ4n) is 1.99. The van der Waals surface area contributed by atoms with Gasteiger partial charge in [-0.05, 0) is 13.3 Å². The first-order chi connectivity index (χ1) is 9.20. The van der Waals surface area contributed by atoms with Crippen molar-refractivity contribution in [2.24, 2.45) is 0 Å². The van der Waals surface area contributed by atoms with Crippen molar-refractivity contribution in [1.29, 1.82) is 0 Å². The molecule has 2 rings (SSSR count). The lowest BCUT2D eigenvalue weighted by molar-refractivity contribution is -0.137. The first kappa shape index (κ1) is 14.4. The zero-order valence-corrected chi connectivity index (χ0v) is 12.3. The predicted octanol–water partition coefficient (Wildman–Crippen LogP) is 1.04. The molecule has 0 aliphatic carbocycles. The van der Waals surface area contributed by atoms with Crippen molar-refractivity contribution in [3.05, 3.63) is 16.1 Å². The van der Waals surface area contributed by atoms with Crippen molar-refractivity contribution in [1.82, 2.24) is 15.2 Å². The maximum Gasteiger partial charge on any atom is 0.239 e. The minimum absolute atomic E-state index is 0.156.